The molecule has 2 aliphatic rings. The maximum Gasteiger partial charge on any atom is 0.326 e. The molecule has 2 heterocycles. The summed E-state index contributed by atoms with van der Waals surface area (Å²) in [6, 6.07) is 15.8. The van der Waals surface area contributed by atoms with Crippen LogP contribution in [0.15, 0.2) is 59.8 Å². The zero-order chi connectivity index (χ0) is 22.0. The zero-order valence-electron chi connectivity index (χ0n) is 17.6. The number of hydrogen-bond acceptors (Lipinski definition) is 4. The Bertz CT molecular complexity index is 1060. The van der Waals surface area contributed by atoms with Gasteiger partial charge < -0.3 is 15.0 Å². The molecule has 0 aliphatic carbocycles. The van der Waals surface area contributed by atoms with E-state index in [1.54, 1.807) is 34.1 Å². The maximum atomic E-state index is 13.6. The van der Waals surface area contributed by atoms with Crippen molar-refractivity contribution >= 4 is 17.6 Å². The van der Waals surface area contributed by atoms with Crippen molar-refractivity contribution in [2.24, 2.45) is 0 Å². The topological polar surface area (TPSA) is 85.7 Å². The number of allylic oxidation sites excluding steroid dienone is 1. The average Bonchev–Trinajstić information content (AvgIpc) is 2.80. The molecule has 1 N–H and O–H groups in total. The summed E-state index contributed by atoms with van der Waals surface area (Å²) in [7, 11) is 0. The zero-order valence-corrected chi connectivity index (χ0v) is 17.6. The molecule has 7 nitrogen and oxygen atoms in total. The van der Waals surface area contributed by atoms with Gasteiger partial charge in [-0.2, -0.15) is 5.26 Å². The molecule has 2 aromatic rings. The number of hydrogen-bond donors (Lipinski definition) is 1. The van der Waals surface area contributed by atoms with Gasteiger partial charge >= 0.3 is 6.03 Å². The lowest BCUT2D eigenvalue weighted by molar-refractivity contribution is -0.131. The second-order valence-electron chi connectivity index (χ2n) is 7.69. The van der Waals surface area contributed by atoms with Crippen molar-refractivity contribution in [3.05, 3.63) is 76.5 Å². The number of rotatable bonds is 3. The minimum Gasteiger partial charge on any atom is -0.378 e. The van der Waals surface area contributed by atoms with Crippen molar-refractivity contribution in [2.75, 3.05) is 31.2 Å². The first-order valence-electron chi connectivity index (χ1n) is 10.2. The number of benzene rings is 2. The number of nitrogens with one attached hydrogen (secondary N) is 1. The molecule has 0 bridgehead atoms. The third-order valence-corrected chi connectivity index (χ3v) is 5.68. The van der Waals surface area contributed by atoms with Gasteiger partial charge in [-0.1, -0.05) is 29.8 Å². The summed E-state index contributed by atoms with van der Waals surface area (Å²) in [4.78, 5) is 30.0. The minimum atomic E-state index is -0.600. The van der Waals surface area contributed by atoms with Gasteiger partial charge in [-0.15, -0.1) is 0 Å². The SMILES string of the molecule is CC1=C(C(=O)N2CCOCC2)[C@@H](c2ccc(C#N)cc2)NC(=O)N1c1ccc(C)cc1. The molecule has 0 unspecified atom stereocenters. The number of nitriles is 1. The average molecular weight is 416 g/mol. The van der Waals surface area contributed by atoms with Gasteiger partial charge in [0.05, 0.1) is 42.1 Å². The van der Waals surface area contributed by atoms with Crippen LogP contribution in [0.5, 0.6) is 0 Å². The second kappa shape index (κ2) is 8.62. The van der Waals surface area contributed by atoms with Crippen LogP contribution < -0.4 is 10.2 Å². The van der Waals surface area contributed by atoms with Crippen LogP contribution in [0.4, 0.5) is 10.5 Å². The van der Waals surface area contributed by atoms with Crippen LogP contribution in [0.3, 0.4) is 0 Å². The number of urea groups is 1. The Kier molecular flexibility index (Phi) is 5.74. The van der Waals surface area contributed by atoms with Gasteiger partial charge in [0.1, 0.15) is 0 Å². The molecule has 0 aromatic heterocycles. The summed E-state index contributed by atoms with van der Waals surface area (Å²) >= 11 is 0. The molecule has 7 heteroatoms. The number of amides is 3. The summed E-state index contributed by atoms with van der Waals surface area (Å²) < 4.78 is 5.40. The highest BCUT2D eigenvalue weighted by atomic mass is 16.5. The maximum absolute atomic E-state index is 13.6. The van der Waals surface area contributed by atoms with E-state index in [9.17, 15) is 9.59 Å². The van der Waals surface area contributed by atoms with E-state index in [0.717, 1.165) is 11.1 Å². The van der Waals surface area contributed by atoms with Gasteiger partial charge in [0.15, 0.2) is 0 Å². The van der Waals surface area contributed by atoms with E-state index < -0.39 is 6.04 Å². The molecule has 2 aliphatic heterocycles. The molecule has 2 aromatic carbocycles. The normalized spacial score (nSPS) is 19.1. The standard InChI is InChI=1S/C24H24N4O3/c1-16-3-9-20(10-4-16)28-17(2)21(23(29)27-11-13-31-14-12-27)22(26-24(28)30)19-7-5-18(15-25)6-8-19/h3-10,22H,11-14H2,1-2H3,(H,26,30)/t22-/m1/s1. The number of anilines is 1. The number of ether oxygens (including phenoxy) is 1. The lowest BCUT2D eigenvalue weighted by Crippen LogP contribution is -2.51. The first kappa shape index (κ1) is 20.6. The molecule has 0 spiro atoms. The van der Waals surface area contributed by atoms with Gasteiger partial charge in [-0.05, 0) is 43.7 Å². The van der Waals surface area contributed by atoms with Crippen molar-refractivity contribution in [1.82, 2.24) is 10.2 Å². The van der Waals surface area contributed by atoms with E-state index >= 15 is 0 Å². The number of morpholine rings is 1. The highest BCUT2D eigenvalue weighted by Gasteiger charge is 2.38. The Hall–Kier alpha value is -3.63. The van der Waals surface area contributed by atoms with Crippen LogP contribution in [0.2, 0.25) is 0 Å². The number of aryl methyl sites for hydroxylation is 1. The number of carbonyl (C=O) groups excluding carboxylic acids is 2. The van der Waals surface area contributed by atoms with Gasteiger partial charge in [0.25, 0.3) is 5.91 Å². The molecule has 3 amide bonds. The molecule has 0 saturated carbocycles. The number of nitrogens with zero attached hydrogens (tertiary/aromatic N) is 3. The van der Waals surface area contributed by atoms with Gasteiger partial charge in [0, 0.05) is 18.8 Å². The van der Waals surface area contributed by atoms with Crippen molar-refractivity contribution in [3.8, 4) is 6.07 Å². The van der Waals surface area contributed by atoms with E-state index in [1.807, 2.05) is 38.1 Å². The van der Waals surface area contributed by atoms with Crippen LogP contribution >= 0.6 is 0 Å². The lowest BCUT2D eigenvalue weighted by atomic mass is 9.92. The second-order valence-corrected chi connectivity index (χ2v) is 7.69. The van der Waals surface area contributed by atoms with Gasteiger partial charge in [-0.25, -0.2) is 4.79 Å². The Morgan fingerprint density at radius 2 is 1.71 bits per heavy atom. The number of carbonyl (C=O) groups is 2. The van der Waals surface area contributed by atoms with E-state index in [4.69, 9.17) is 10.00 Å². The molecule has 31 heavy (non-hydrogen) atoms. The van der Waals surface area contributed by atoms with Crippen LogP contribution in [-0.4, -0.2) is 43.1 Å². The molecule has 1 fully saturated rings. The summed E-state index contributed by atoms with van der Waals surface area (Å²) in [5.74, 6) is -0.118. The summed E-state index contributed by atoms with van der Waals surface area (Å²) in [5, 5.41) is 12.1. The summed E-state index contributed by atoms with van der Waals surface area (Å²) in [6.45, 7) is 5.80. The highest BCUT2D eigenvalue weighted by molar-refractivity contribution is 6.04. The van der Waals surface area contributed by atoms with Crippen molar-refractivity contribution in [2.45, 2.75) is 19.9 Å². The predicted molar refractivity (Wildman–Crippen MR) is 116 cm³/mol. The molecule has 1 saturated heterocycles. The summed E-state index contributed by atoms with van der Waals surface area (Å²) in [6.07, 6.45) is 0. The van der Waals surface area contributed by atoms with E-state index in [2.05, 4.69) is 11.4 Å². The van der Waals surface area contributed by atoms with E-state index in [1.165, 1.54) is 0 Å². The smallest absolute Gasteiger partial charge is 0.326 e. The van der Waals surface area contributed by atoms with E-state index in [-0.39, 0.29) is 11.9 Å². The highest BCUT2D eigenvalue weighted by Crippen LogP contribution is 2.34. The van der Waals surface area contributed by atoms with Gasteiger partial charge in [0.2, 0.25) is 0 Å². The lowest BCUT2D eigenvalue weighted by Gasteiger charge is -2.38. The van der Waals surface area contributed by atoms with Crippen LogP contribution in [0, 0.1) is 18.3 Å². The molecule has 158 valence electrons. The van der Waals surface area contributed by atoms with Crippen molar-refractivity contribution in [3.63, 3.8) is 0 Å². The Morgan fingerprint density at radius 1 is 1.06 bits per heavy atom. The fourth-order valence-corrected chi connectivity index (χ4v) is 3.96. The predicted octanol–water partition coefficient (Wildman–Crippen LogP) is 3.27. The van der Waals surface area contributed by atoms with Gasteiger partial charge in [-0.3, -0.25) is 9.69 Å². The Morgan fingerprint density at radius 3 is 2.32 bits per heavy atom. The van der Waals surface area contributed by atoms with E-state index in [0.29, 0.717) is 48.8 Å². The Balaban J connectivity index is 1.80. The molecule has 1 atom stereocenters. The van der Waals surface area contributed by atoms with Crippen LogP contribution in [0.25, 0.3) is 0 Å². The monoisotopic (exact) mass is 416 g/mol. The quantitative estimate of drug-likeness (QED) is 0.832. The third kappa shape index (κ3) is 4.03. The first-order chi connectivity index (χ1) is 15.0. The molecule has 4 rings (SSSR count). The van der Waals surface area contributed by atoms with Crippen LogP contribution in [-0.2, 0) is 9.53 Å². The third-order valence-electron chi connectivity index (χ3n) is 5.68. The molecular formula is C24H24N4O3. The van der Waals surface area contributed by atoms with Crippen molar-refractivity contribution < 1.29 is 14.3 Å². The fourth-order valence-electron chi connectivity index (χ4n) is 3.96. The largest absolute Gasteiger partial charge is 0.378 e. The molecule has 0 radical (unpaired) electrons. The first-order valence-corrected chi connectivity index (χ1v) is 10.2. The van der Waals surface area contributed by atoms with Crippen molar-refractivity contribution in [1.29, 1.82) is 5.26 Å². The molecular weight excluding hydrogens is 392 g/mol. The minimum absolute atomic E-state index is 0.118. The fraction of sp³-hybridized carbons (Fsp3) is 0.292. The Labute approximate surface area is 181 Å². The summed E-state index contributed by atoms with van der Waals surface area (Å²) in [5.41, 5.74) is 4.18. The van der Waals surface area contributed by atoms with Crippen LogP contribution in [0.1, 0.15) is 29.7 Å².